The summed E-state index contributed by atoms with van der Waals surface area (Å²) in [6, 6.07) is 0.323. The largest absolute Gasteiger partial charge is 0.326 e. The third-order valence-electron chi connectivity index (χ3n) is 4.07. The Balaban J connectivity index is 1.63. The van der Waals surface area contributed by atoms with Gasteiger partial charge in [-0.25, -0.2) is 0 Å². The molecule has 1 unspecified atom stereocenters. The van der Waals surface area contributed by atoms with Gasteiger partial charge >= 0.3 is 0 Å². The van der Waals surface area contributed by atoms with Gasteiger partial charge < -0.3 is 11.1 Å². The summed E-state index contributed by atoms with van der Waals surface area (Å²) in [6.07, 6.45) is 5.94. The van der Waals surface area contributed by atoms with Crippen LogP contribution in [0.25, 0.3) is 0 Å². The lowest BCUT2D eigenvalue weighted by Crippen LogP contribution is -2.40. The van der Waals surface area contributed by atoms with Gasteiger partial charge in [0.25, 0.3) is 0 Å². The highest BCUT2D eigenvalue weighted by Gasteiger charge is 2.40. The monoisotopic (exact) mass is 210 g/mol. The fraction of sp³-hybridized carbons (Fsp3) is 1.00. The average Bonchev–Trinajstić information content (AvgIpc) is 3.01. The fourth-order valence-corrected chi connectivity index (χ4v) is 2.42. The van der Waals surface area contributed by atoms with Crippen LogP contribution in [0, 0.1) is 23.7 Å². The molecule has 0 bridgehead atoms. The first kappa shape index (κ1) is 11.4. The first-order valence-corrected chi connectivity index (χ1v) is 6.64. The van der Waals surface area contributed by atoms with Gasteiger partial charge in [0, 0.05) is 12.6 Å². The van der Waals surface area contributed by atoms with Crippen LogP contribution in [0.1, 0.15) is 39.5 Å². The molecule has 0 amide bonds. The Hall–Kier alpha value is -0.0800. The minimum absolute atomic E-state index is 0.323. The van der Waals surface area contributed by atoms with Crippen molar-refractivity contribution < 1.29 is 0 Å². The second-order valence-electron chi connectivity index (χ2n) is 5.90. The molecule has 2 heteroatoms. The quantitative estimate of drug-likeness (QED) is 0.674. The Morgan fingerprint density at radius 1 is 1.07 bits per heavy atom. The molecule has 0 saturated heterocycles. The highest BCUT2D eigenvalue weighted by Crippen LogP contribution is 2.48. The minimum Gasteiger partial charge on any atom is -0.326 e. The Kier molecular flexibility index (Phi) is 3.68. The van der Waals surface area contributed by atoms with E-state index in [1.807, 2.05) is 0 Å². The van der Waals surface area contributed by atoms with Gasteiger partial charge in [0.15, 0.2) is 0 Å². The van der Waals surface area contributed by atoms with Crippen LogP contribution in [0.2, 0.25) is 0 Å². The second kappa shape index (κ2) is 4.84. The normalized spacial score (nSPS) is 23.8. The van der Waals surface area contributed by atoms with E-state index in [0.29, 0.717) is 12.0 Å². The Labute approximate surface area is 94.0 Å². The molecule has 2 aliphatic carbocycles. The fourth-order valence-electron chi connectivity index (χ4n) is 2.42. The average molecular weight is 210 g/mol. The highest BCUT2D eigenvalue weighted by molar-refractivity contribution is 4.92. The number of hydrogen-bond donors (Lipinski definition) is 2. The van der Waals surface area contributed by atoms with Crippen LogP contribution >= 0.6 is 0 Å². The molecule has 3 N–H and O–H groups in total. The van der Waals surface area contributed by atoms with E-state index in [0.717, 1.165) is 24.3 Å². The molecule has 2 aliphatic rings. The van der Waals surface area contributed by atoms with Crippen molar-refractivity contribution in [3.05, 3.63) is 0 Å². The zero-order valence-corrected chi connectivity index (χ0v) is 10.2. The molecular weight excluding hydrogens is 184 g/mol. The predicted molar refractivity (Wildman–Crippen MR) is 64.6 cm³/mol. The second-order valence-corrected chi connectivity index (χ2v) is 5.90. The summed E-state index contributed by atoms with van der Waals surface area (Å²) in [5.41, 5.74) is 6.02. The molecule has 0 aromatic heterocycles. The molecule has 15 heavy (non-hydrogen) atoms. The van der Waals surface area contributed by atoms with Crippen LogP contribution in [0.5, 0.6) is 0 Å². The topological polar surface area (TPSA) is 38.0 Å². The molecule has 0 heterocycles. The summed E-state index contributed by atoms with van der Waals surface area (Å²) in [7, 11) is 0. The van der Waals surface area contributed by atoms with E-state index in [1.165, 1.54) is 32.2 Å². The van der Waals surface area contributed by atoms with Gasteiger partial charge in [-0.15, -0.1) is 0 Å². The van der Waals surface area contributed by atoms with Crippen LogP contribution in [0.3, 0.4) is 0 Å². The van der Waals surface area contributed by atoms with E-state index >= 15 is 0 Å². The van der Waals surface area contributed by atoms with E-state index in [4.69, 9.17) is 5.73 Å². The number of rotatable bonds is 7. The predicted octanol–water partition coefficient (Wildman–Crippen LogP) is 2.00. The molecular formula is C13H26N2. The summed E-state index contributed by atoms with van der Waals surface area (Å²) in [6.45, 7) is 6.61. The van der Waals surface area contributed by atoms with Gasteiger partial charge in [0.1, 0.15) is 0 Å². The summed E-state index contributed by atoms with van der Waals surface area (Å²) in [5, 5.41) is 3.58. The van der Waals surface area contributed by atoms with Gasteiger partial charge in [-0.05, 0) is 55.9 Å². The van der Waals surface area contributed by atoms with Crippen molar-refractivity contribution in [2.45, 2.75) is 45.6 Å². The molecule has 0 spiro atoms. The zero-order chi connectivity index (χ0) is 10.8. The number of hydrogen-bond acceptors (Lipinski definition) is 2. The van der Waals surface area contributed by atoms with Crippen LogP contribution in [0.15, 0.2) is 0 Å². The summed E-state index contributed by atoms with van der Waals surface area (Å²) >= 11 is 0. The summed E-state index contributed by atoms with van der Waals surface area (Å²) in [4.78, 5) is 0. The van der Waals surface area contributed by atoms with Gasteiger partial charge in [0.05, 0.1) is 0 Å². The molecule has 2 fully saturated rings. The van der Waals surface area contributed by atoms with Crippen molar-refractivity contribution in [1.29, 1.82) is 0 Å². The van der Waals surface area contributed by atoms with E-state index < -0.39 is 0 Å². The smallest absolute Gasteiger partial charge is 0.0188 e. The zero-order valence-electron chi connectivity index (χ0n) is 10.2. The van der Waals surface area contributed by atoms with Gasteiger partial charge in [-0.2, -0.15) is 0 Å². The Morgan fingerprint density at radius 2 is 1.60 bits per heavy atom. The number of nitrogens with one attached hydrogen (secondary N) is 1. The van der Waals surface area contributed by atoms with Crippen molar-refractivity contribution in [1.82, 2.24) is 5.32 Å². The molecule has 2 saturated carbocycles. The highest BCUT2D eigenvalue weighted by atomic mass is 14.9. The van der Waals surface area contributed by atoms with Crippen molar-refractivity contribution in [2.75, 3.05) is 13.1 Å². The Morgan fingerprint density at radius 3 is 2.00 bits per heavy atom. The Bertz CT molecular complexity index is 183. The molecule has 2 rings (SSSR count). The van der Waals surface area contributed by atoms with Crippen molar-refractivity contribution in [2.24, 2.45) is 29.4 Å². The maximum absolute atomic E-state index is 6.02. The lowest BCUT2D eigenvalue weighted by atomic mass is 9.97. The molecule has 88 valence electrons. The summed E-state index contributed by atoms with van der Waals surface area (Å²) in [5.74, 6) is 3.68. The molecule has 0 aromatic carbocycles. The SMILES string of the molecule is CC(C)C(N)CNCC(C1CC1)C1CC1. The summed E-state index contributed by atoms with van der Waals surface area (Å²) < 4.78 is 0. The maximum Gasteiger partial charge on any atom is 0.0188 e. The number of nitrogens with two attached hydrogens (primary N) is 1. The lowest BCUT2D eigenvalue weighted by molar-refractivity contribution is 0.361. The van der Waals surface area contributed by atoms with E-state index in [9.17, 15) is 0 Å². The van der Waals surface area contributed by atoms with Gasteiger partial charge in [0.2, 0.25) is 0 Å². The van der Waals surface area contributed by atoms with E-state index in [2.05, 4.69) is 19.2 Å². The minimum atomic E-state index is 0.323. The van der Waals surface area contributed by atoms with Gasteiger partial charge in [-0.3, -0.25) is 0 Å². The maximum atomic E-state index is 6.02. The van der Waals surface area contributed by atoms with E-state index in [-0.39, 0.29) is 0 Å². The van der Waals surface area contributed by atoms with E-state index in [1.54, 1.807) is 0 Å². The van der Waals surface area contributed by atoms with Crippen molar-refractivity contribution in [3.63, 3.8) is 0 Å². The molecule has 1 atom stereocenters. The lowest BCUT2D eigenvalue weighted by Gasteiger charge is -2.20. The third-order valence-corrected chi connectivity index (χ3v) is 4.07. The molecule has 0 radical (unpaired) electrons. The van der Waals surface area contributed by atoms with Gasteiger partial charge in [-0.1, -0.05) is 13.8 Å². The molecule has 2 nitrogen and oxygen atoms in total. The standard InChI is InChI=1S/C13H26N2/c1-9(2)13(14)8-15-7-12(10-3-4-10)11-5-6-11/h9-13,15H,3-8,14H2,1-2H3. The first-order valence-electron chi connectivity index (χ1n) is 6.64. The van der Waals surface area contributed by atoms with Crippen LogP contribution in [0.4, 0.5) is 0 Å². The van der Waals surface area contributed by atoms with Crippen LogP contribution in [-0.2, 0) is 0 Å². The first-order chi connectivity index (χ1) is 7.18. The molecule has 0 aliphatic heterocycles. The third kappa shape index (κ3) is 3.46. The van der Waals surface area contributed by atoms with Crippen molar-refractivity contribution >= 4 is 0 Å². The van der Waals surface area contributed by atoms with Crippen LogP contribution < -0.4 is 11.1 Å². The molecule has 0 aromatic rings. The van der Waals surface area contributed by atoms with Crippen LogP contribution in [-0.4, -0.2) is 19.1 Å². The van der Waals surface area contributed by atoms with Crippen molar-refractivity contribution in [3.8, 4) is 0 Å².